The smallest absolute Gasteiger partial charge is 0.123 e. The van der Waals surface area contributed by atoms with Gasteiger partial charge in [-0.2, -0.15) is 0 Å². The van der Waals surface area contributed by atoms with Gasteiger partial charge in [-0.3, -0.25) is 0 Å². The van der Waals surface area contributed by atoms with E-state index in [0.29, 0.717) is 23.7 Å². The molecule has 0 radical (unpaired) electrons. The van der Waals surface area contributed by atoms with Crippen LogP contribution in [0.25, 0.3) is 0 Å². The summed E-state index contributed by atoms with van der Waals surface area (Å²) in [5.74, 6) is 2.22. The van der Waals surface area contributed by atoms with E-state index in [-0.39, 0.29) is 0 Å². The minimum atomic E-state index is 0.329. The lowest BCUT2D eigenvalue weighted by Crippen LogP contribution is -2.17. The van der Waals surface area contributed by atoms with Gasteiger partial charge in [0.05, 0.1) is 0 Å². The Hall–Kier alpha value is -0.590. The van der Waals surface area contributed by atoms with Gasteiger partial charge in [0.25, 0.3) is 0 Å². The molecule has 0 amide bonds. The lowest BCUT2D eigenvalue weighted by atomic mass is 9.86. The molecule has 0 aromatic rings. The number of carbonyl (C=O) groups is 1. The van der Waals surface area contributed by atoms with Crippen LogP contribution in [-0.4, -0.2) is 6.29 Å². The van der Waals surface area contributed by atoms with E-state index in [9.17, 15) is 4.79 Å². The van der Waals surface area contributed by atoms with Gasteiger partial charge in [-0.25, -0.2) is 0 Å². The Bertz CT molecular complexity index is 183. The molecule has 1 nitrogen and oxygen atoms in total. The van der Waals surface area contributed by atoms with Crippen LogP contribution in [0.15, 0.2) is 12.2 Å². The summed E-state index contributed by atoms with van der Waals surface area (Å²) in [4.78, 5) is 10.6. The second kappa shape index (κ2) is 1.94. The van der Waals surface area contributed by atoms with Crippen LogP contribution >= 0.6 is 0 Å². The highest BCUT2D eigenvalue weighted by Crippen LogP contribution is 2.46. The maximum absolute atomic E-state index is 10.6. The van der Waals surface area contributed by atoms with E-state index in [4.69, 9.17) is 0 Å². The van der Waals surface area contributed by atoms with Gasteiger partial charge in [0.2, 0.25) is 0 Å². The van der Waals surface area contributed by atoms with Gasteiger partial charge in [-0.15, -0.1) is 0 Å². The zero-order valence-electron chi connectivity index (χ0n) is 6.16. The minimum absolute atomic E-state index is 0.329. The molecule has 2 bridgehead atoms. The Morgan fingerprint density at radius 2 is 2.10 bits per heavy atom. The fourth-order valence-electron chi connectivity index (χ4n) is 2.33. The molecule has 0 heterocycles. The molecule has 0 aliphatic heterocycles. The van der Waals surface area contributed by atoms with Crippen molar-refractivity contribution < 1.29 is 4.79 Å². The molecule has 10 heavy (non-hydrogen) atoms. The highest BCUT2D eigenvalue weighted by atomic mass is 16.1. The molecular weight excluding hydrogens is 124 g/mol. The SMILES string of the molecule is C[C@H]1C2C=CC(C2)[C@@H]1C=O. The topological polar surface area (TPSA) is 17.1 Å². The average molecular weight is 136 g/mol. The summed E-state index contributed by atoms with van der Waals surface area (Å²) in [6.07, 6.45) is 6.85. The van der Waals surface area contributed by atoms with Crippen LogP contribution in [0.2, 0.25) is 0 Å². The van der Waals surface area contributed by atoms with Gasteiger partial charge in [-0.1, -0.05) is 19.1 Å². The van der Waals surface area contributed by atoms with Crippen LogP contribution in [0.3, 0.4) is 0 Å². The van der Waals surface area contributed by atoms with Crippen molar-refractivity contribution >= 4 is 6.29 Å². The molecule has 0 N–H and O–H groups in total. The van der Waals surface area contributed by atoms with Gasteiger partial charge >= 0.3 is 0 Å². The number of hydrogen-bond acceptors (Lipinski definition) is 1. The maximum Gasteiger partial charge on any atom is 0.123 e. The molecular formula is C9H12O. The first kappa shape index (κ1) is 6.14. The number of fused-ring (bicyclic) bond motifs is 2. The third kappa shape index (κ3) is 0.606. The molecule has 2 rings (SSSR count). The van der Waals surface area contributed by atoms with Crippen molar-refractivity contribution in [1.29, 1.82) is 0 Å². The van der Waals surface area contributed by atoms with E-state index in [2.05, 4.69) is 19.1 Å². The van der Waals surface area contributed by atoms with Crippen molar-refractivity contribution in [3.05, 3.63) is 12.2 Å². The maximum atomic E-state index is 10.6. The van der Waals surface area contributed by atoms with Crippen molar-refractivity contribution in [2.45, 2.75) is 13.3 Å². The van der Waals surface area contributed by atoms with Crippen molar-refractivity contribution in [2.75, 3.05) is 0 Å². The molecule has 0 aromatic carbocycles. The number of allylic oxidation sites excluding steroid dienone is 2. The summed E-state index contributed by atoms with van der Waals surface area (Å²) in [7, 11) is 0. The van der Waals surface area contributed by atoms with Crippen LogP contribution < -0.4 is 0 Å². The fourth-order valence-corrected chi connectivity index (χ4v) is 2.33. The van der Waals surface area contributed by atoms with Crippen LogP contribution in [0.1, 0.15) is 13.3 Å². The first-order valence-electron chi connectivity index (χ1n) is 3.96. The minimum Gasteiger partial charge on any atom is -0.303 e. The van der Waals surface area contributed by atoms with Crippen molar-refractivity contribution in [3.8, 4) is 0 Å². The van der Waals surface area contributed by atoms with E-state index < -0.39 is 0 Å². The monoisotopic (exact) mass is 136 g/mol. The van der Waals surface area contributed by atoms with Gasteiger partial charge in [0, 0.05) is 5.92 Å². The molecule has 1 fully saturated rings. The van der Waals surface area contributed by atoms with Crippen molar-refractivity contribution in [2.24, 2.45) is 23.7 Å². The predicted octanol–water partition coefficient (Wildman–Crippen LogP) is 1.64. The lowest BCUT2D eigenvalue weighted by molar-refractivity contribution is -0.112. The molecule has 0 saturated heterocycles. The molecule has 54 valence electrons. The normalized spacial score (nSPS) is 50.1. The number of rotatable bonds is 1. The quantitative estimate of drug-likeness (QED) is 0.395. The zero-order chi connectivity index (χ0) is 7.14. The molecule has 0 spiro atoms. The predicted molar refractivity (Wildman–Crippen MR) is 39.5 cm³/mol. The first-order valence-corrected chi connectivity index (χ1v) is 3.96. The van der Waals surface area contributed by atoms with Crippen molar-refractivity contribution in [3.63, 3.8) is 0 Å². The third-order valence-corrected chi connectivity index (χ3v) is 3.08. The molecule has 4 atom stereocenters. The van der Waals surface area contributed by atoms with E-state index in [1.54, 1.807) is 0 Å². The summed E-state index contributed by atoms with van der Waals surface area (Å²) >= 11 is 0. The fraction of sp³-hybridized carbons (Fsp3) is 0.667. The number of aldehydes is 1. The van der Waals surface area contributed by atoms with Crippen LogP contribution in [0.4, 0.5) is 0 Å². The first-order chi connectivity index (χ1) is 4.83. The summed E-state index contributed by atoms with van der Waals surface area (Å²) in [5, 5.41) is 0. The van der Waals surface area contributed by atoms with Gasteiger partial charge < -0.3 is 4.79 Å². The lowest BCUT2D eigenvalue weighted by Gasteiger charge is -2.18. The second-order valence-electron chi connectivity index (χ2n) is 3.52. The standard InChI is InChI=1S/C9H12O/c1-6-7-2-3-8(4-7)9(6)5-10/h2-3,5-9H,4H2,1H3/t6-,7?,8?,9+/m0/s1. The van der Waals surface area contributed by atoms with Crippen molar-refractivity contribution in [1.82, 2.24) is 0 Å². The summed E-state index contributed by atoms with van der Waals surface area (Å²) in [6, 6.07) is 0. The number of hydrogen-bond donors (Lipinski definition) is 0. The molecule has 1 saturated carbocycles. The van der Waals surface area contributed by atoms with Gasteiger partial charge in [-0.05, 0) is 24.2 Å². The molecule has 1 heteroatoms. The van der Waals surface area contributed by atoms with E-state index in [1.807, 2.05) is 0 Å². The van der Waals surface area contributed by atoms with Crippen LogP contribution in [0, 0.1) is 23.7 Å². The highest BCUT2D eigenvalue weighted by Gasteiger charge is 2.41. The van der Waals surface area contributed by atoms with Crippen LogP contribution in [0.5, 0.6) is 0 Å². The molecule has 2 aliphatic carbocycles. The Labute approximate surface area is 61.1 Å². The molecule has 0 aromatic heterocycles. The van der Waals surface area contributed by atoms with Gasteiger partial charge in [0.1, 0.15) is 6.29 Å². The number of carbonyl (C=O) groups excluding carboxylic acids is 1. The largest absolute Gasteiger partial charge is 0.303 e. The highest BCUT2D eigenvalue weighted by molar-refractivity contribution is 5.57. The summed E-state index contributed by atoms with van der Waals surface area (Å²) in [5.41, 5.74) is 0. The Morgan fingerprint density at radius 3 is 2.50 bits per heavy atom. The third-order valence-electron chi connectivity index (χ3n) is 3.08. The van der Waals surface area contributed by atoms with Gasteiger partial charge in [0.15, 0.2) is 0 Å². The summed E-state index contributed by atoms with van der Waals surface area (Å²) in [6.45, 7) is 2.19. The van der Waals surface area contributed by atoms with E-state index >= 15 is 0 Å². The Kier molecular flexibility index (Phi) is 1.19. The van der Waals surface area contributed by atoms with Crippen LogP contribution in [-0.2, 0) is 4.79 Å². The summed E-state index contributed by atoms with van der Waals surface area (Å²) < 4.78 is 0. The Balaban J connectivity index is 2.25. The molecule has 2 unspecified atom stereocenters. The average Bonchev–Trinajstić information content (AvgIpc) is 2.46. The zero-order valence-corrected chi connectivity index (χ0v) is 6.16. The van der Waals surface area contributed by atoms with E-state index in [1.165, 1.54) is 6.42 Å². The second-order valence-corrected chi connectivity index (χ2v) is 3.52. The Morgan fingerprint density at radius 1 is 1.40 bits per heavy atom. The molecule has 2 aliphatic rings. The van der Waals surface area contributed by atoms with E-state index in [0.717, 1.165) is 6.29 Å².